The molecular formula is C23H29NO2. The van der Waals surface area contributed by atoms with Crippen LogP contribution in [0.1, 0.15) is 51.3 Å². The molecule has 2 aromatic carbocycles. The van der Waals surface area contributed by atoms with Gasteiger partial charge >= 0.3 is 5.97 Å². The van der Waals surface area contributed by atoms with Gasteiger partial charge in [0.15, 0.2) is 0 Å². The molecule has 0 spiro atoms. The zero-order valence-electron chi connectivity index (χ0n) is 16.2. The second-order valence-corrected chi connectivity index (χ2v) is 8.07. The molecule has 0 N–H and O–H groups in total. The Kier molecular flexibility index (Phi) is 5.47. The van der Waals surface area contributed by atoms with E-state index in [9.17, 15) is 4.79 Å². The third-order valence-corrected chi connectivity index (χ3v) is 4.98. The standard InChI is InChI=1S/C23H29NO2/c1-5-17-16-24(21(17)22(25)26-23(2,3)4)20(18-12-8-6-9-13-18)19-14-10-7-11-15-19/h6-15,17,20-21H,5,16H2,1-4H3/t17-,21-/m0/s1. The first-order valence-electron chi connectivity index (χ1n) is 9.49. The van der Waals surface area contributed by atoms with Gasteiger partial charge in [0.25, 0.3) is 0 Å². The predicted molar refractivity (Wildman–Crippen MR) is 105 cm³/mol. The van der Waals surface area contributed by atoms with Gasteiger partial charge in [-0.2, -0.15) is 0 Å². The van der Waals surface area contributed by atoms with Crippen molar-refractivity contribution in [3.8, 4) is 0 Å². The van der Waals surface area contributed by atoms with Gasteiger partial charge in [0.2, 0.25) is 0 Å². The van der Waals surface area contributed by atoms with Crippen LogP contribution in [0.3, 0.4) is 0 Å². The quantitative estimate of drug-likeness (QED) is 0.723. The van der Waals surface area contributed by atoms with Crippen LogP contribution in [-0.2, 0) is 9.53 Å². The Balaban J connectivity index is 1.94. The summed E-state index contributed by atoms with van der Waals surface area (Å²) in [6, 6.07) is 20.7. The first-order chi connectivity index (χ1) is 12.4. The highest BCUT2D eigenvalue weighted by Crippen LogP contribution is 2.40. The Labute approximate surface area is 157 Å². The van der Waals surface area contributed by atoms with E-state index >= 15 is 0 Å². The Hall–Kier alpha value is -2.13. The maximum atomic E-state index is 12.9. The van der Waals surface area contributed by atoms with E-state index in [-0.39, 0.29) is 18.1 Å². The van der Waals surface area contributed by atoms with E-state index in [1.807, 2.05) is 32.9 Å². The Morgan fingerprint density at radius 2 is 1.54 bits per heavy atom. The lowest BCUT2D eigenvalue weighted by Crippen LogP contribution is -2.62. The van der Waals surface area contributed by atoms with Crippen LogP contribution in [0.4, 0.5) is 0 Å². The van der Waals surface area contributed by atoms with E-state index in [0.29, 0.717) is 5.92 Å². The summed E-state index contributed by atoms with van der Waals surface area (Å²) in [5.74, 6) is 0.243. The minimum Gasteiger partial charge on any atom is -0.459 e. The van der Waals surface area contributed by atoms with Crippen LogP contribution in [0.5, 0.6) is 0 Å². The van der Waals surface area contributed by atoms with Gasteiger partial charge < -0.3 is 4.74 Å². The van der Waals surface area contributed by atoms with Crippen molar-refractivity contribution in [1.82, 2.24) is 4.90 Å². The number of ether oxygens (including phenoxy) is 1. The lowest BCUT2D eigenvalue weighted by molar-refractivity contribution is -0.174. The zero-order valence-corrected chi connectivity index (χ0v) is 16.2. The Morgan fingerprint density at radius 1 is 1.04 bits per heavy atom. The van der Waals surface area contributed by atoms with Crippen LogP contribution in [0.2, 0.25) is 0 Å². The lowest BCUT2D eigenvalue weighted by atomic mass is 9.81. The lowest BCUT2D eigenvalue weighted by Gasteiger charge is -2.51. The molecule has 1 fully saturated rings. The van der Waals surface area contributed by atoms with Crippen LogP contribution in [-0.4, -0.2) is 29.1 Å². The molecule has 138 valence electrons. The van der Waals surface area contributed by atoms with Crippen molar-refractivity contribution in [2.75, 3.05) is 6.54 Å². The maximum absolute atomic E-state index is 12.9. The highest BCUT2D eigenvalue weighted by atomic mass is 16.6. The first-order valence-corrected chi connectivity index (χ1v) is 9.49. The topological polar surface area (TPSA) is 29.5 Å². The number of rotatable bonds is 5. The molecule has 0 bridgehead atoms. The summed E-state index contributed by atoms with van der Waals surface area (Å²) < 4.78 is 5.75. The van der Waals surface area contributed by atoms with Crippen molar-refractivity contribution >= 4 is 5.97 Å². The van der Waals surface area contributed by atoms with Crippen molar-refractivity contribution in [2.24, 2.45) is 5.92 Å². The molecule has 1 saturated heterocycles. The number of carbonyl (C=O) groups is 1. The van der Waals surface area contributed by atoms with E-state index in [0.717, 1.165) is 13.0 Å². The third kappa shape index (κ3) is 3.99. The van der Waals surface area contributed by atoms with Crippen LogP contribution >= 0.6 is 0 Å². The van der Waals surface area contributed by atoms with Crippen LogP contribution in [0.25, 0.3) is 0 Å². The van der Waals surface area contributed by atoms with Crippen LogP contribution < -0.4 is 0 Å². The van der Waals surface area contributed by atoms with E-state index in [1.165, 1.54) is 11.1 Å². The molecule has 2 aromatic rings. The molecule has 1 aliphatic rings. The van der Waals surface area contributed by atoms with Gasteiger partial charge in [-0.05, 0) is 37.8 Å². The summed E-state index contributed by atoms with van der Waals surface area (Å²) in [5, 5.41) is 0. The molecule has 0 aromatic heterocycles. The van der Waals surface area contributed by atoms with E-state index < -0.39 is 5.60 Å². The highest BCUT2D eigenvalue weighted by Gasteiger charge is 2.48. The number of benzene rings is 2. The first kappa shape index (κ1) is 18.7. The molecule has 0 aliphatic carbocycles. The fraction of sp³-hybridized carbons (Fsp3) is 0.435. The van der Waals surface area contributed by atoms with Gasteiger partial charge in [-0.1, -0.05) is 74.0 Å². The van der Waals surface area contributed by atoms with Crippen LogP contribution in [0, 0.1) is 5.92 Å². The molecule has 3 heteroatoms. The Morgan fingerprint density at radius 3 is 1.96 bits per heavy atom. The molecule has 0 saturated carbocycles. The number of esters is 1. The van der Waals surface area contributed by atoms with Crippen LogP contribution in [0.15, 0.2) is 60.7 Å². The normalized spacial score (nSPS) is 20.7. The van der Waals surface area contributed by atoms with Gasteiger partial charge in [-0.3, -0.25) is 9.69 Å². The van der Waals surface area contributed by atoms with Crippen molar-refractivity contribution < 1.29 is 9.53 Å². The second kappa shape index (κ2) is 7.63. The molecule has 1 heterocycles. The number of carbonyl (C=O) groups excluding carboxylic acids is 1. The average molecular weight is 351 g/mol. The van der Waals surface area contributed by atoms with Gasteiger partial charge in [0.1, 0.15) is 11.6 Å². The largest absolute Gasteiger partial charge is 0.459 e. The monoisotopic (exact) mass is 351 g/mol. The number of hydrogen-bond donors (Lipinski definition) is 0. The zero-order chi connectivity index (χ0) is 18.7. The molecule has 0 radical (unpaired) electrons. The van der Waals surface area contributed by atoms with Crippen molar-refractivity contribution in [3.63, 3.8) is 0 Å². The summed E-state index contributed by atoms with van der Waals surface area (Å²) in [5.41, 5.74) is 1.95. The van der Waals surface area contributed by atoms with Crippen molar-refractivity contribution in [1.29, 1.82) is 0 Å². The number of hydrogen-bond acceptors (Lipinski definition) is 3. The number of nitrogens with zero attached hydrogens (tertiary/aromatic N) is 1. The van der Waals surface area contributed by atoms with E-state index in [4.69, 9.17) is 4.74 Å². The predicted octanol–water partition coefficient (Wildman–Crippen LogP) is 4.83. The fourth-order valence-electron chi connectivity index (χ4n) is 3.77. The summed E-state index contributed by atoms with van der Waals surface area (Å²) in [6.07, 6.45) is 0.983. The van der Waals surface area contributed by atoms with Gasteiger partial charge in [0.05, 0.1) is 6.04 Å². The molecule has 2 atom stereocenters. The minimum absolute atomic E-state index is 0.0673. The smallest absolute Gasteiger partial charge is 0.324 e. The molecule has 0 amide bonds. The summed E-state index contributed by atoms with van der Waals surface area (Å²) in [7, 11) is 0. The SMILES string of the molecule is CC[C@H]1CN(C(c2ccccc2)c2ccccc2)[C@@H]1C(=O)OC(C)(C)C. The minimum atomic E-state index is -0.467. The molecule has 1 aliphatic heterocycles. The number of likely N-dealkylation sites (tertiary alicyclic amines) is 1. The van der Waals surface area contributed by atoms with Crippen molar-refractivity contribution in [2.45, 2.75) is 51.8 Å². The molecule has 3 nitrogen and oxygen atoms in total. The Bertz CT molecular complexity index is 681. The fourth-order valence-corrected chi connectivity index (χ4v) is 3.77. The summed E-state index contributed by atoms with van der Waals surface area (Å²) >= 11 is 0. The third-order valence-electron chi connectivity index (χ3n) is 4.98. The molecule has 26 heavy (non-hydrogen) atoms. The second-order valence-electron chi connectivity index (χ2n) is 8.07. The van der Waals surface area contributed by atoms with E-state index in [1.54, 1.807) is 0 Å². The molecule has 3 rings (SSSR count). The summed E-state index contributed by atoms with van der Waals surface area (Å²) in [4.78, 5) is 15.2. The highest BCUT2D eigenvalue weighted by molar-refractivity contribution is 5.78. The van der Waals surface area contributed by atoms with Crippen molar-refractivity contribution in [3.05, 3.63) is 71.8 Å². The average Bonchev–Trinajstić information content (AvgIpc) is 2.58. The molecule has 0 unspecified atom stereocenters. The van der Waals surface area contributed by atoms with Gasteiger partial charge in [-0.15, -0.1) is 0 Å². The van der Waals surface area contributed by atoms with E-state index in [2.05, 4.69) is 60.4 Å². The maximum Gasteiger partial charge on any atom is 0.324 e. The van der Waals surface area contributed by atoms with Gasteiger partial charge in [-0.25, -0.2) is 0 Å². The van der Waals surface area contributed by atoms with Gasteiger partial charge in [0, 0.05) is 6.54 Å². The molecular weight excluding hydrogens is 322 g/mol. The summed E-state index contributed by atoms with van der Waals surface area (Å²) in [6.45, 7) is 8.86.